The highest BCUT2D eigenvalue weighted by molar-refractivity contribution is 6.59. The fourth-order valence-corrected chi connectivity index (χ4v) is 4.59. The first kappa shape index (κ1) is 19.9. The molecule has 0 spiro atoms. The molecule has 2 aromatic carbocycles. The molecule has 2 aromatic rings. The van der Waals surface area contributed by atoms with Crippen LogP contribution < -0.4 is 16.5 Å². The quantitative estimate of drug-likeness (QED) is 0.586. The number of fused-ring (bicyclic) bond motifs is 1. The molecule has 0 saturated carbocycles. The smallest absolute Gasteiger partial charge is 0.423 e. The maximum Gasteiger partial charge on any atom is 0.488 e. The molecule has 2 heterocycles. The lowest BCUT2D eigenvalue weighted by Crippen LogP contribution is -2.40. The van der Waals surface area contributed by atoms with Crippen LogP contribution in [0.1, 0.15) is 52.2 Å². The first-order valence-electron chi connectivity index (χ1n) is 10.4. The van der Waals surface area contributed by atoms with Crippen molar-refractivity contribution in [1.29, 1.82) is 0 Å². The van der Waals surface area contributed by atoms with E-state index < -0.39 is 7.12 Å². The summed E-state index contributed by atoms with van der Waals surface area (Å²) < 4.78 is 0. The van der Waals surface area contributed by atoms with E-state index in [9.17, 15) is 14.8 Å². The zero-order valence-electron chi connectivity index (χ0n) is 16.6. The number of hydrogen-bond acceptors (Lipinski definition) is 5. The van der Waals surface area contributed by atoms with Gasteiger partial charge in [-0.15, -0.1) is 0 Å². The molecule has 0 radical (unpaired) electrons. The van der Waals surface area contributed by atoms with Gasteiger partial charge >= 0.3 is 7.12 Å². The molecular formula is C22H28BN3O3. The Hall–Kier alpha value is -2.35. The highest BCUT2D eigenvalue weighted by Crippen LogP contribution is 2.31. The van der Waals surface area contributed by atoms with E-state index in [0.717, 1.165) is 62.1 Å². The molecule has 1 fully saturated rings. The maximum atomic E-state index is 13.2. The second-order valence-electron chi connectivity index (χ2n) is 7.98. The van der Waals surface area contributed by atoms with Gasteiger partial charge in [-0.1, -0.05) is 30.3 Å². The lowest BCUT2D eigenvalue weighted by atomic mass is 9.74. The molecule has 0 bridgehead atoms. The van der Waals surface area contributed by atoms with Crippen LogP contribution in [0.4, 0.5) is 5.69 Å². The van der Waals surface area contributed by atoms with E-state index in [-0.39, 0.29) is 5.91 Å². The van der Waals surface area contributed by atoms with Crippen molar-refractivity contribution in [3.05, 3.63) is 58.7 Å². The van der Waals surface area contributed by atoms with E-state index in [0.29, 0.717) is 23.5 Å². The summed E-state index contributed by atoms with van der Waals surface area (Å²) in [5.41, 5.74) is 11.0. The summed E-state index contributed by atoms with van der Waals surface area (Å²) in [6.45, 7) is 2.77. The fraction of sp³-hybridized carbons (Fsp3) is 0.409. The van der Waals surface area contributed by atoms with Gasteiger partial charge in [0.2, 0.25) is 0 Å². The number of hydrogen-bond donors (Lipinski definition) is 4. The molecule has 0 atom stereocenters. The predicted molar refractivity (Wildman–Crippen MR) is 115 cm³/mol. The van der Waals surface area contributed by atoms with Gasteiger partial charge in [0.05, 0.1) is 5.56 Å². The molecule has 2 aliphatic rings. The molecule has 2 aliphatic heterocycles. The van der Waals surface area contributed by atoms with Crippen molar-refractivity contribution in [2.24, 2.45) is 5.73 Å². The number of anilines is 1. The number of amides is 1. The minimum Gasteiger partial charge on any atom is -0.423 e. The van der Waals surface area contributed by atoms with Crippen molar-refractivity contribution in [3.63, 3.8) is 0 Å². The summed E-state index contributed by atoms with van der Waals surface area (Å²) in [5, 5.41) is 22.6. The van der Waals surface area contributed by atoms with E-state index in [1.165, 1.54) is 5.56 Å². The molecule has 0 aromatic heterocycles. The molecule has 0 unspecified atom stereocenters. The van der Waals surface area contributed by atoms with Crippen molar-refractivity contribution >= 4 is 24.2 Å². The normalized spacial score (nSPS) is 16.9. The third-order valence-corrected chi connectivity index (χ3v) is 6.20. The molecule has 4 rings (SSSR count). The fourth-order valence-electron chi connectivity index (χ4n) is 4.59. The number of nitrogens with two attached hydrogens (primary N) is 1. The molecular weight excluding hydrogens is 365 g/mol. The lowest BCUT2D eigenvalue weighted by molar-refractivity contribution is 0.0713. The Labute approximate surface area is 171 Å². The van der Waals surface area contributed by atoms with E-state index in [4.69, 9.17) is 5.73 Å². The summed E-state index contributed by atoms with van der Waals surface area (Å²) in [6, 6.07) is 11.8. The van der Waals surface area contributed by atoms with Crippen LogP contribution in [0.3, 0.4) is 0 Å². The average molecular weight is 393 g/mol. The summed E-state index contributed by atoms with van der Waals surface area (Å²) in [4.78, 5) is 15.2. The molecule has 5 N–H and O–H groups in total. The van der Waals surface area contributed by atoms with Crippen LogP contribution in [-0.4, -0.2) is 47.6 Å². The summed E-state index contributed by atoms with van der Waals surface area (Å²) >= 11 is 0. The Bertz CT molecular complexity index is 895. The molecule has 7 heteroatoms. The van der Waals surface area contributed by atoms with Gasteiger partial charge in [0.1, 0.15) is 0 Å². The number of piperidine rings is 1. The minimum atomic E-state index is -1.52. The summed E-state index contributed by atoms with van der Waals surface area (Å²) in [6.07, 6.45) is 3.53. The van der Waals surface area contributed by atoms with Crippen molar-refractivity contribution < 1.29 is 14.8 Å². The number of rotatable bonds is 4. The van der Waals surface area contributed by atoms with E-state index in [1.54, 1.807) is 12.1 Å². The largest absolute Gasteiger partial charge is 0.488 e. The monoisotopic (exact) mass is 393 g/mol. The Kier molecular flexibility index (Phi) is 5.90. The highest BCUT2D eigenvalue weighted by atomic mass is 16.4. The standard InChI is InChI=1S/C22H28BN3O3/c24-14-15-3-1-4-17(13-15)16-8-11-26(12-9-16)22(27)19-6-7-20(23(28)29)18-5-2-10-25-21(18)19/h1,3-4,6-7,13,16,25,28-29H,2,5,8-12,14,24H2. The van der Waals surface area contributed by atoms with Crippen LogP contribution in [-0.2, 0) is 13.0 Å². The summed E-state index contributed by atoms with van der Waals surface area (Å²) in [7, 11) is -1.52. The second kappa shape index (κ2) is 8.57. The van der Waals surface area contributed by atoms with E-state index in [2.05, 4.69) is 23.5 Å². The van der Waals surface area contributed by atoms with Crippen molar-refractivity contribution in [3.8, 4) is 0 Å². The first-order chi connectivity index (χ1) is 14.1. The molecule has 0 aliphatic carbocycles. The number of nitrogens with one attached hydrogen (secondary N) is 1. The van der Waals surface area contributed by atoms with Gasteiger partial charge in [-0.2, -0.15) is 0 Å². The number of benzene rings is 2. The Balaban J connectivity index is 1.50. The Morgan fingerprint density at radius 1 is 1.21 bits per heavy atom. The van der Waals surface area contributed by atoms with E-state index in [1.807, 2.05) is 11.0 Å². The molecule has 1 saturated heterocycles. The van der Waals surface area contributed by atoms with Gasteiger partial charge in [0.15, 0.2) is 0 Å². The van der Waals surface area contributed by atoms with Crippen molar-refractivity contribution in [2.45, 2.75) is 38.1 Å². The molecule has 152 valence electrons. The minimum absolute atomic E-state index is 0.0174. The summed E-state index contributed by atoms with van der Waals surface area (Å²) in [5.74, 6) is 0.466. The van der Waals surface area contributed by atoms with Crippen molar-refractivity contribution in [1.82, 2.24) is 4.90 Å². The third kappa shape index (κ3) is 4.03. The zero-order chi connectivity index (χ0) is 20.4. The van der Waals surface area contributed by atoms with Crippen LogP contribution in [0.25, 0.3) is 0 Å². The molecule has 29 heavy (non-hydrogen) atoms. The number of carbonyl (C=O) groups excluding carboxylic acids is 1. The molecule has 1 amide bonds. The SMILES string of the molecule is NCc1cccc(C2CCN(C(=O)c3ccc(B(O)O)c4c3NCCC4)CC2)c1. The third-order valence-electron chi connectivity index (χ3n) is 6.20. The Morgan fingerprint density at radius 3 is 2.72 bits per heavy atom. The average Bonchev–Trinajstić information content (AvgIpc) is 2.78. The topological polar surface area (TPSA) is 98.8 Å². The highest BCUT2D eigenvalue weighted by Gasteiger charge is 2.29. The lowest BCUT2D eigenvalue weighted by Gasteiger charge is -2.33. The van der Waals surface area contributed by atoms with Crippen molar-refractivity contribution in [2.75, 3.05) is 25.0 Å². The second-order valence-corrected chi connectivity index (χ2v) is 7.98. The number of nitrogens with zero attached hydrogens (tertiary/aromatic N) is 1. The van der Waals surface area contributed by atoms with Gasteiger partial charge in [-0.05, 0) is 59.8 Å². The molecule has 6 nitrogen and oxygen atoms in total. The first-order valence-corrected chi connectivity index (χ1v) is 10.4. The van der Waals surface area contributed by atoms with Gasteiger partial charge < -0.3 is 26.0 Å². The van der Waals surface area contributed by atoms with Crippen LogP contribution >= 0.6 is 0 Å². The van der Waals surface area contributed by atoms with E-state index >= 15 is 0 Å². The predicted octanol–water partition coefficient (Wildman–Crippen LogP) is 1.20. The van der Waals surface area contributed by atoms with Gasteiger partial charge in [-0.25, -0.2) is 0 Å². The van der Waals surface area contributed by atoms with Crippen LogP contribution in [0.2, 0.25) is 0 Å². The van der Waals surface area contributed by atoms with Crippen LogP contribution in [0, 0.1) is 0 Å². The van der Waals surface area contributed by atoms with Crippen LogP contribution in [0.15, 0.2) is 36.4 Å². The maximum absolute atomic E-state index is 13.2. The van der Waals surface area contributed by atoms with Gasteiger partial charge in [0.25, 0.3) is 5.91 Å². The van der Waals surface area contributed by atoms with Gasteiger partial charge in [-0.3, -0.25) is 4.79 Å². The van der Waals surface area contributed by atoms with Crippen LogP contribution in [0.5, 0.6) is 0 Å². The Morgan fingerprint density at radius 2 is 2.00 bits per heavy atom. The van der Waals surface area contributed by atoms with Gasteiger partial charge in [0, 0.05) is 31.9 Å². The number of carbonyl (C=O) groups is 1. The number of likely N-dealkylation sites (tertiary alicyclic amines) is 1. The zero-order valence-corrected chi connectivity index (χ0v) is 16.6.